The van der Waals surface area contributed by atoms with Crippen molar-refractivity contribution in [1.82, 2.24) is 9.55 Å². The molecule has 4 nitrogen and oxygen atoms in total. The third kappa shape index (κ3) is 3.54. The van der Waals surface area contributed by atoms with E-state index < -0.39 is 0 Å². The Morgan fingerprint density at radius 2 is 2.18 bits per heavy atom. The molecule has 2 rings (SSSR count). The third-order valence-electron chi connectivity index (χ3n) is 3.64. The summed E-state index contributed by atoms with van der Waals surface area (Å²) in [6, 6.07) is 0. The topological polar surface area (TPSA) is 53.1 Å². The number of nitrogens with two attached hydrogens (primary N) is 1. The van der Waals surface area contributed by atoms with Gasteiger partial charge in [-0.05, 0) is 19.8 Å². The lowest BCUT2D eigenvalue weighted by Crippen LogP contribution is -2.46. The van der Waals surface area contributed by atoms with Gasteiger partial charge in [-0.25, -0.2) is 4.98 Å². The van der Waals surface area contributed by atoms with Crippen LogP contribution in [0.4, 0.5) is 0 Å². The SMILES string of the molecule is Cc1nccn1CCOCC1(N)CCCCC1. The molecular formula is C13H23N3O. The number of nitrogens with zero attached hydrogens (tertiary/aromatic N) is 2. The van der Waals surface area contributed by atoms with Crippen molar-refractivity contribution in [3.05, 3.63) is 18.2 Å². The van der Waals surface area contributed by atoms with Crippen molar-refractivity contribution in [3.63, 3.8) is 0 Å². The standard InChI is InChI=1S/C13H23N3O/c1-12-15-7-8-16(12)9-10-17-11-13(14)5-3-2-4-6-13/h7-8H,2-6,9-11,14H2,1H3. The number of aromatic nitrogens is 2. The smallest absolute Gasteiger partial charge is 0.105 e. The van der Waals surface area contributed by atoms with Crippen molar-refractivity contribution in [2.75, 3.05) is 13.2 Å². The number of imidazole rings is 1. The zero-order chi connectivity index (χ0) is 12.1. The Hall–Kier alpha value is -0.870. The molecule has 0 aliphatic heterocycles. The molecule has 1 aliphatic rings. The minimum Gasteiger partial charge on any atom is -0.378 e. The van der Waals surface area contributed by atoms with Gasteiger partial charge in [-0.1, -0.05) is 19.3 Å². The predicted octanol–water partition coefficient (Wildman–Crippen LogP) is 1.87. The van der Waals surface area contributed by atoms with E-state index in [-0.39, 0.29) is 5.54 Å². The van der Waals surface area contributed by atoms with Crippen LogP contribution in [0.1, 0.15) is 37.9 Å². The van der Waals surface area contributed by atoms with Crippen molar-refractivity contribution in [3.8, 4) is 0 Å². The Kier molecular flexibility index (Phi) is 4.18. The van der Waals surface area contributed by atoms with Gasteiger partial charge in [0, 0.05) is 24.5 Å². The first kappa shape index (κ1) is 12.6. The quantitative estimate of drug-likeness (QED) is 0.795. The molecule has 0 radical (unpaired) electrons. The summed E-state index contributed by atoms with van der Waals surface area (Å²) < 4.78 is 7.83. The van der Waals surface area contributed by atoms with Gasteiger partial charge in [0.05, 0.1) is 13.2 Å². The third-order valence-corrected chi connectivity index (χ3v) is 3.64. The number of ether oxygens (including phenoxy) is 1. The second-order valence-electron chi connectivity index (χ2n) is 5.14. The van der Waals surface area contributed by atoms with Crippen molar-refractivity contribution < 1.29 is 4.74 Å². The van der Waals surface area contributed by atoms with Gasteiger partial charge >= 0.3 is 0 Å². The number of aryl methyl sites for hydroxylation is 1. The van der Waals surface area contributed by atoms with Crippen LogP contribution < -0.4 is 5.73 Å². The highest BCUT2D eigenvalue weighted by molar-refractivity contribution is 4.89. The van der Waals surface area contributed by atoms with Gasteiger partial charge < -0.3 is 15.0 Å². The van der Waals surface area contributed by atoms with E-state index in [2.05, 4.69) is 9.55 Å². The van der Waals surface area contributed by atoms with Crippen molar-refractivity contribution in [2.45, 2.75) is 51.1 Å². The molecule has 1 saturated carbocycles. The number of hydrogen-bond donors (Lipinski definition) is 1. The van der Waals surface area contributed by atoms with Gasteiger partial charge in [0.15, 0.2) is 0 Å². The van der Waals surface area contributed by atoms with E-state index in [4.69, 9.17) is 10.5 Å². The lowest BCUT2D eigenvalue weighted by Gasteiger charge is -2.33. The highest BCUT2D eigenvalue weighted by Crippen LogP contribution is 2.25. The molecule has 4 heteroatoms. The minimum absolute atomic E-state index is 0.0672. The fraction of sp³-hybridized carbons (Fsp3) is 0.769. The first-order valence-electron chi connectivity index (χ1n) is 6.54. The molecule has 0 unspecified atom stereocenters. The molecule has 0 spiro atoms. The van der Waals surface area contributed by atoms with E-state index in [0.29, 0.717) is 6.61 Å². The molecule has 0 aromatic carbocycles. The van der Waals surface area contributed by atoms with Crippen LogP contribution in [0.15, 0.2) is 12.4 Å². The Labute approximate surface area is 103 Å². The maximum Gasteiger partial charge on any atom is 0.105 e. The molecule has 1 aromatic rings. The Morgan fingerprint density at radius 1 is 1.41 bits per heavy atom. The summed E-state index contributed by atoms with van der Waals surface area (Å²) in [6.07, 6.45) is 9.85. The maximum atomic E-state index is 6.30. The molecule has 1 heterocycles. The van der Waals surface area contributed by atoms with Gasteiger partial charge in [0.2, 0.25) is 0 Å². The average molecular weight is 237 g/mol. The zero-order valence-electron chi connectivity index (χ0n) is 10.7. The predicted molar refractivity (Wildman–Crippen MR) is 67.8 cm³/mol. The molecule has 17 heavy (non-hydrogen) atoms. The monoisotopic (exact) mass is 237 g/mol. The molecule has 0 saturated heterocycles. The fourth-order valence-electron chi connectivity index (χ4n) is 2.48. The van der Waals surface area contributed by atoms with E-state index in [0.717, 1.165) is 31.8 Å². The highest BCUT2D eigenvalue weighted by atomic mass is 16.5. The number of hydrogen-bond acceptors (Lipinski definition) is 3. The zero-order valence-corrected chi connectivity index (χ0v) is 10.7. The minimum atomic E-state index is -0.0672. The second-order valence-corrected chi connectivity index (χ2v) is 5.14. The molecule has 0 bridgehead atoms. The first-order chi connectivity index (χ1) is 8.20. The maximum absolute atomic E-state index is 6.30. The average Bonchev–Trinajstić information content (AvgIpc) is 2.72. The van der Waals surface area contributed by atoms with Crippen molar-refractivity contribution in [2.24, 2.45) is 5.73 Å². The van der Waals surface area contributed by atoms with Crippen LogP contribution in [0.5, 0.6) is 0 Å². The Balaban J connectivity index is 1.67. The summed E-state index contributed by atoms with van der Waals surface area (Å²) in [4.78, 5) is 4.18. The summed E-state index contributed by atoms with van der Waals surface area (Å²) in [5.41, 5.74) is 6.24. The molecule has 96 valence electrons. The van der Waals surface area contributed by atoms with E-state index >= 15 is 0 Å². The van der Waals surface area contributed by atoms with E-state index in [1.54, 1.807) is 0 Å². The molecule has 0 atom stereocenters. The first-order valence-corrected chi connectivity index (χ1v) is 6.54. The van der Waals surface area contributed by atoms with Crippen LogP contribution in [-0.2, 0) is 11.3 Å². The van der Waals surface area contributed by atoms with Gasteiger partial charge in [-0.3, -0.25) is 0 Å². The van der Waals surface area contributed by atoms with E-state index in [1.807, 2.05) is 19.3 Å². The normalized spacial score (nSPS) is 19.4. The molecular weight excluding hydrogens is 214 g/mol. The lowest BCUT2D eigenvalue weighted by molar-refractivity contribution is 0.0630. The van der Waals surface area contributed by atoms with Crippen LogP contribution in [0.25, 0.3) is 0 Å². The number of rotatable bonds is 5. The summed E-state index contributed by atoms with van der Waals surface area (Å²) in [6.45, 7) is 4.28. The second kappa shape index (κ2) is 5.65. The molecule has 1 aromatic heterocycles. The Bertz CT molecular complexity index is 342. The highest BCUT2D eigenvalue weighted by Gasteiger charge is 2.27. The van der Waals surface area contributed by atoms with Crippen LogP contribution in [0.3, 0.4) is 0 Å². The van der Waals surface area contributed by atoms with Crippen molar-refractivity contribution in [1.29, 1.82) is 0 Å². The summed E-state index contributed by atoms with van der Waals surface area (Å²) in [5.74, 6) is 1.04. The van der Waals surface area contributed by atoms with Gasteiger partial charge in [0.1, 0.15) is 5.82 Å². The van der Waals surface area contributed by atoms with Gasteiger partial charge in [0.25, 0.3) is 0 Å². The van der Waals surface area contributed by atoms with Gasteiger partial charge in [-0.2, -0.15) is 0 Å². The van der Waals surface area contributed by atoms with Crippen LogP contribution >= 0.6 is 0 Å². The summed E-state index contributed by atoms with van der Waals surface area (Å²) >= 11 is 0. The van der Waals surface area contributed by atoms with Crippen molar-refractivity contribution >= 4 is 0 Å². The Morgan fingerprint density at radius 3 is 2.82 bits per heavy atom. The van der Waals surface area contributed by atoms with E-state index in [9.17, 15) is 0 Å². The summed E-state index contributed by atoms with van der Waals surface area (Å²) in [5, 5.41) is 0. The summed E-state index contributed by atoms with van der Waals surface area (Å²) in [7, 11) is 0. The fourth-order valence-corrected chi connectivity index (χ4v) is 2.48. The molecule has 0 amide bonds. The molecule has 1 fully saturated rings. The van der Waals surface area contributed by atoms with Crippen LogP contribution in [0, 0.1) is 6.92 Å². The van der Waals surface area contributed by atoms with Crippen LogP contribution in [-0.4, -0.2) is 28.3 Å². The van der Waals surface area contributed by atoms with Gasteiger partial charge in [-0.15, -0.1) is 0 Å². The molecule has 1 aliphatic carbocycles. The largest absolute Gasteiger partial charge is 0.378 e. The van der Waals surface area contributed by atoms with E-state index in [1.165, 1.54) is 19.3 Å². The molecule has 2 N–H and O–H groups in total. The van der Waals surface area contributed by atoms with Crippen LogP contribution in [0.2, 0.25) is 0 Å². The lowest BCUT2D eigenvalue weighted by atomic mass is 9.83.